The van der Waals surface area contributed by atoms with Crippen molar-refractivity contribution in [1.82, 2.24) is 10.2 Å². The highest BCUT2D eigenvalue weighted by Crippen LogP contribution is 2.04. The van der Waals surface area contributed by atoms with Gasteiger partial charge >= 0.3 is 0 Å². The Morgan fingerprint density at radius 2 is 1.52 bits per heavy atom. The number of rotatable bonds is 1. The van der Waals surface area contributed by atoms with Crippen molar-refractivity contribution in [3.63, 3.8) is 0 Å². The third-order valence-electron chi connectivity index (χ3n) is 2.28. The molecule has 1 heterocycles. The summed E-state index contributed by atoms with van der Waals surface area (Å²) in [5, 5.41) is 2.46. The van der Waals surface area contributed by atoms with Crippen LogP contribution in [0.4, 0.5) is 0 Å². The summed E-state index contributed by atoms with van der Waals surface area (Å²) in [7, 11) is 0. The number of carbonyl (C=O) groups excluding carboxylic acids is 1. The molecule has 0 spiro atoms. The molecule has 1 N–H and O–H groups in total. The number of hydrogen-bond donors (Lipinski definition) is 1. The first kappa shape index (κ1) is 15.9. The molecule has 1 rings (SSSR count). The first-order valence-corrected chi connectivity index (χ1v) is 6.47. The predicted octanol–water partition coefficient (Wildman–Crippen LogP) is 0.707. The van der Waals surface area contributed by atoms with Crippen LogP contribution in [0.2, 0.25) is 0 Å². The summed E-state index contributed by atoms with van der Waals surface area (Å²) in [6.07, 6.45) is 5.36. The van der Waals surface area contributed by atoms with Gasteiger partial charge in [-0.15, -0.1) is 0 Å². The van der Waals surface area contributed by atoms with Gasteiger partial charge in [-0.25, -0.2) is 0 Å². The molecule has 0 unspecified atom stereocenters. The Kier molecular flexibility index (Phi) is 8.09. The van der Waals surface area contributed by atoms with Crippen LogP contribution in [0.5, 0.6) is 0 Å². The van der Waals surface area contributed by atoms with Gasteiger partial charge in [0.2, 0.25) is 5.91 Å². The largest absolute Gasteiger partial charge is 0.332 e. The maximum atomic E-state index is 10.5. The van der Waals surface area contributed by atoms with E-state index < -0.39 is 0 Å². The molecule has 3 heteroatoms. The first-order chi connectivity index (χ1) is 10.3. The van der Waals surface area contributed by atoms with Crippen molar-refractivity contribution < 1.29 is 4.79 Å². The number of nitrogens with zero attached hydrogens (tertiary/aromatic N) is 1. The number of likely N-dealkylation sites (tertiary alicyclic amines) is 1. The molecule has 21 heavy (non-hydrogen) atoms. The van der Waals surface area contributed by atoms with Crippen LogP contribution in [-0.2, 0) is 4.79 Å². The zero-order valence-corrected chi connectivity index (χ0v) is 11.8. The van der Waals surface area contributed by atoms with Crippen LogP contribution in [0.15, 0.2) is 12.3 Å². The van der Waals surface area contributed by atoms with Gasteiger partial charge in [0.15, 0.2) is 0 Å². The first-order valence-electron chi connectivity index (χ1n) is 6.47. The normalized spacial score (nSPS) is 11.2. The fourth-order valence-corrected chi connectivity index (χ4v) is 1.40. The minimum absolute atomic E-state index is 0.142. The second-order valence-corrected chi connectivity index (χ2v) is 3.98. The molecule has 0 bridgehead atoms. The minimum atomic E-state index is -0.142. The molecule has 3 nitrogen and oxygen atoms in total. The van der Waals surface area contributed by atoms with Crippen molar-refractivity contribution in [3.05, 3.63) is 12.3 Å². The van der Waals surface area contributed by atoms with E-state index in [0.717, 1.165) is 13.1 Å². The topological polar surface area (TPSA) is 32.3 Å². The highest BCUT2D eigenvalue weighted by molar-refractivity contribution is 5.73. The Morgan fingerprint density at radius 3 is 2.14 bits per heavy atom. The van der Waals surface area contributed by atoms with E-state index in [-0.39, 0.29) is 5.91 Å². The molecule has 1 aliphatic rings. The van der Waals surface area contributed by atoms with Gasteiger partial charge in [0.05, 0.1) is 0 Å². The van der Waals surface area contributed by atoms with E-state index >= 15 is 0 Å². The van der Waals surface area contributed by atoms with Gasteiger partial charge in [0.1, 0.15) is 0 Å². The molecule has 0 radical (unpaired) electrons. The highest BCUT2D eigenvalue weighted by atomic mass is 16.1. The molecule has 0 aromatic rings. The molecule has 1 amide bonds. The van der Waals surface area contributed by atoms with Crippen LogP contribution in [0.1, 0.15) is 19.8 Å². The van der Waals surface area contributed by atoms with Gasteiger partial charge in [-0.05, 0) is 36.5 Å². The zero-order valence-electron chi connectivity index (χ0n) is 11.8. The van der Waals surface area contributed by atoms with E-state index in [2.05, 4.69) is 69.5 Å². The van der Waals surface area contributed by atoms with Gasteiger partial charge in [-0.2, -0.15) is 0 Å². The van der Waals surface area contributed by atoms with E-state index in [9.17, 15) is 4.79 Å². The Morgan fingerprint density at radius 1 is 0.952 bits per heavy atom. The highest BCUT2D eigenvalue weighted by Gasteiger charge is 2.05. The summed E-state index contributed by atoms with van der Waals surface area (Å²) >= 11 is 0. The van der Waals surface area contributed by atoms with Crippen molar-refractivity contribution in [2.24, 2.45) is 0 Å². The van der Waals surface area contributed by atoms with Crippen LogP contribution in [0.3, 0.4) is 0 Å². The lowest BCUT2D eigenvalue weighted by Crippen LogP contribution is -2.10. The lowest BCUT2D eigenvalue weighted by molar-refractivity contribution is -0.118. The maximum absolute atomic E-state index is 10.5. The molecule has 0 aliphatic carbocycles. The van der Waals surface area contributed by atoms with Crippen LogP contribution < -0.4 is 5.32 Å². The Bertz CT molecular complexity index is 698. The molecule has 1 aliphatic heterocycles. The number of nitrogens with one attached hydrogen (secondary N) is 1. The lowest BCUT2D eigenvalue weighted by atomic mass is 10.4. The van der Waals surface area contributed by atoms with Crippen LogP contribution >= 0.6 is 0 Å². The third kappa shape index (κ3) is 9.40. The lowest BCUT2D eigenvalue weighted by Gasteiger charge is -2.03. The van der Waals surface area contributed by atoms with Gasteiger partial charge in [0.25, 0.3) is 0 Å². The van der Waals surface area contributed by atoms with Crippen molar-refractivity contribution in [2.75, 3.05) is 13.1 Å². The quantitative estimate of drug-likeness (QED) is 0.714. The Balaban J connectivity index is 2.30. The second kappa shape index (κ2) is 10.7. The molecule has 0 aromatic carbocycles. The van der Waals surface area contributed by atoms with Crippen LogP contribution in [0, 0.1) is 59.3 Å². The summed E-state index contributed by atoms with van der Waals surface area (Å²) in [4.78, 5) is 12.6. The van der Waals surface area contributed by atoms with Gasteiger partial charge in [-0.1, -0.05) is 5.92 Å². The van der Waals surface area contributed by atoms with Crippen molar-refractivity contribution >= 4 is 5.91 Å². The predicted molar refractivity (Wildman–Crippen MR) is 82.6 cm³/mol. The summed E-state index contributed by atoms with van der Waals surface area (Å²) in [5.41, 5.74) is 0. The average Bonchev–Trinajstić information content (AvgIpc) is 2.97. The van der Waals surface area contributed by atoms with Crippen molar-refractivity contribution in [2.45, 2.75) is 19.8 Å². The van der Waals surface area contributed by atoms with Gasteiger partial charge < -0.3 is 10.2 Å². The zero-order chi connectivity index (χ0) is 15.2. The molecule has 0 saturated carbocycles. The molecular weight excluding hydrogens is 260 g/mol. The van der Waals surface area contributed by atoms with E-state index in [0.29, 0.717) is 0 Å². The average molecular weight is 274 g/mol. The van der Waals surface area contributed by atoms with E-state index in [1.807, 2.05) is 0 Å². The number of allylic oxidation sites excluding steroid dienone is 1. The minimum Gasteiger partial charge on any atom is -0.332 e. The second-order valence-electron chi connectivity index (χ2n) is 3.98. The summed E-state index contributed by atoms with van der Waals surface area (Å²) in [6.45, 7) is 3.48. The van der Waals surface area contributed by atoms with Crippen LogP contribution in [0.25, 0.3) is 0 Å². The summed E-state index contributed by atoms with van der Waals surface area (Å²) in [6, 6.07) is 2.97. The van der Waals surface area contributed by atoms with Gasteiger partial charge in [0, 0.05) is 62.0 Å². The standard InChI is InChI=1S/C18H14N2O/c1-18(21)19-14-10-8-6-4-2-3-5-7-9-11-15-20-16-12-13-17-20/h10,14H,12-13,16-17H2,1H3,(H,19,21). The molecule has 1 fully saturated rings. The molecule has 0 atom stereocenters. The van der Waals surface area contributed by atoms with Crippen molar-refractivity contribution in [1.29, 1.82) is 0 Å². The monoisotopic (exact) mass is 274 g/mol. The van der Waals surface area contributed by atoms with Crippen LogP contribution in [-0.4, -0.2) is 23.9 Å². The van der Waals surface area contributed by atoms with E-state index in [1.165, 1.54) is 32.0 Å². The smallest absolute Gasteiger partial charge is 0.220 e. The molecule has 0 aromatic heterocycles. The summed E-state index contributed by atoms with van der Waals surface area (Å²) < 4.78 is 0. The Labute approximate surface area is 126 Å². The number of amides is 1. The maximum Gasteiger partial charge on any atom is 0.220 e. The van der Waals surface area contributed by atoms with Crippen molar-refractivity contribution in [3.8, 4) is 59.3 Å². The van der Waals surface area contributed by atoms with E-state index in [4.69, 9.17) is 0 Å². The van der Waals surface area contributed by atoms with Gasteiger partial charge in [-0.3, -0.25) is 4.79 Å². The fraction of sp³-hybridized carbons (Fsp3) is 0.278. The molecular formula is C18H14N2O. The number of hydrogen-bond acceptors (Lipinski definition) is 2. The molecule has 1 saturated heterocycles. The number of carbonyl (C=O) groups is 1. The van der Waals surface area contributed by atoms with E-state index in [1.54, 1.807) is 0 Å². The SMILES string of the molecule is CC(=O)NC=CC#CC#CC#CC#CC#CN1CCCC1. The Hall–Kier alpha value is -3.19. The fourth-order valence-electron chi connectivity index (χ4n) is 1.40. The molecule has 102 valence electrons. The summed E-state index contributed by atoms with van der Waals surface area (Å²) in [5.74, 6) is 23.3. The third-order valence-corrected chi connectivity index (χ3v) is 2.28.